The van der Waals surface area contributed by atoms with Gasteiger partial charge < -0.3 is 16.4 Å². The van der Waals surface area contributed by atoms with Gasteiger partial charge in [-0.25, -0.2) is 8.78 Å². The van der Waals surface area contributed by atoms with Crippen molar-refractivity contribution in [3.63, 3.8) is 0 Å². The van der Waals surface area contributed by atoms with Gasteiger partial charge >= 0.3 is 0 Å². The first-order chi connectivity index (χ1) is 8.43. The largest absolute Gasteiger partial charge is 0.346 e. The van der Waals surface area contributed by atoms with E-state index in [1.54, 1.807) is 0 Å². The Morgan fingerprint density at radius 2 is 1.94 bits per heavy atom. The van der Waals surface area contributed by atoms with E-state index >= 15 is 0 Å². The van der Waals surface area contributed by atoms with Gasteiger partial charge in [-0.15, -0.1) is 0 Å². The fourth-order valence-corrected chi connectivity index (χ4v) is 1.34. The Bertz CT molecular complexity index is 459. The number of anilines is 1. The summed E-state index contributed by atoms with van der Waals surface area (Å²) < 4.78 is 26.0. The molecule has 0 spiro atoms. The zero-order valence-corrected chi connectivity index (χ0v) is 9.85. The molecule has 0 bridgehead atoms. The lowest BCUT2D eigenvalue weighted by molar-refractivity contribution is -0.123. The van der Waals surface area contributed by atoms with E-state index in [-0.39, 0.29) is 23.8 Å². The molecule has 0 unspecified atom stereocenters. The molecule has 2 amide bonds. The Balaban J connectivity index is 2.68. The number of rotatable bonds is 4. The average molecular weight is 278 g/mol. The number of hydrogen-bond donors (Lipinski definition) is 3. The summed E-state index contributed by atoms with van der Waals surface area (Å²) in [5.74, 6) is -3.09. The summed E-state index contributed by atoms with van der Waals surface area (Å²) in [7, 11) is 0. The number of benzene rings is 1. The van der Waals surface area contributed by atoms with E-state index < -0.39 is 23.4 Å². The highest BCUT2D eigenvalue weighted by Gasteiger charge is 2.13. The maximum Gasteiger partial charge on any atom is 0.243 e. The Kier molecular flexibility index (Phi) is 4.99. The quantitative estimate of drug-likeness (QED) is 0.755. The van der Waals surface area contributed by atoms with Gasteiger partial charge in [0.15, 0.2) is 5.82 Å². The lowest BCUT2D eigenvalue weighted by Gasteiger charge is -2.09. The van der Waals surface area contributed by atoms with Crippen molar-refractivity contribution in [1.29, 1.82) is 0 Å². The van der Waals surface area contributed by atoms with Crippen molar-refractivity contribution in [2.75, 3.05) is 18.4 Å². The van der Waals surface area contributed by atoms with E-state index in [1.165, 1.54) is 0 Å². The fourth-order valence-electron chi connectivity index (χ4n) is 1.10. The summed E-state index contributed by atoms with van der Waals surface area (Å²) in [6.45, 7) is -0.651. The Hall–Kier alpha value is -1.73. The molecule has 0 atom stereocenters. The summed E-state index contributed by atoms with van der Waals surface area (Å²) in [6.07, 6.45) is 0. The standard InChI is InChI=1S/C10H10ClF2N3O2/c11-6-1-5(12)2-7(13)10(6)16-9(18)4-15-8(17)3-14/h1-2H,3-4,14H2,(H,15,17)(H,16,18). The summed E-state index contributed by atoms with van der Waals surface area (Å²) in [5, 5.41) is 4.03. The molecule has 5 nitrogen and oxygen atoms in total. The maximum atomic E-state index is 13.3. The highest BCUT2D eigenvalue weighted by Crippen LogP contribution is 2.26. The Labute approximate surface area is 106 Å². The number of hydrogen-bond acceptors (Lipinski definition) is 3. The van der Waals surface area contributed by atoms with Crippen LogP contribution in [0, 0.1) is 11.6 Å². The molecule has 0 radical (unpaired) electrons. The number of nitrogens with two attached hydrogens (primary N) is 1. The van der Waals surface area contributed by atoms with Gasteiger partial charge in [-0.3, -0.25) is 9.59 Å². The van der Waals surface area contributed by atoms with Crippen molar-refractivity contribution in [2.45, 2.75) is 0 Å². The molecule has 0 aliphatic rings. The van der Waals surface area contributed by atoms with Gasteiger partial charge in [0.05, 0.1) is 23.8 Å². The van der Waals surface area contributed by atoms with Crippen LogP contribution in [0.3, 0.4) is 0 Å². The van der Waals surface area contributed by atoms with Crippen LogP contribution >= 0.6 is 11.6 Å². The third-order valence-electron chi connectivity index (χ3n) is 1.90. The topological polar surface area (TPSA) is 84.2 Å². The molecule has 98 valence electrons. The van der Waals surface area contributed by atoms with Crippen LogP contribution in [0.15, 0.2) is 12.1 Å². The first-order valence-corrected chi connectivity index (χ1v) is 5.23. The molecule has 0 aliphatic carbocycles. The highest BCUT2D eigenvalue weighted by atomic mass is 35.5. The monoisotopic (exact) mass is 277 g/mol. The van der Waals surface area contributed by atoms with Crippen LogP contribution in [0.2, 0.25) is 5.02 Å². The third-order valence-corrected chi connectivity index (χ3v) is 2.20. The summed E-state index contributed by atoms with van der Waals surface area (Å²) in [6, 6.07) is 1.44. The van der Waals surface area contributed by atoms with E-state index in [0.717, 1.165) is 6.07 Å². The molecule has 0 saturated heterocycles. The van der Waals surface area contributed by atoms with Crippen LogP contribution in [0.4, 0.5) is 14.5 Å². The lowest BCUT2D eigenvalue weighted by Crippen LogP contribution is -2.36. The van der Waals surface area contributed by atoms with E-state index in [2.05, 4.69) is 10.6 Å². The van der Waals surface area contributed by atoms with Crippen LogP contribution in [-0.2, 0) is 9.59 Å². The Morgan fingerprint density at radius 3 is 2.50 bits per heavy atom. The summed E-state index contributed by atoms with van der Waals surface area (Å²) in [4.78, 5) is 22.1. The van der Waals surface area contributed by atoms with E-state index in [4.69, 9.17) is 17.3 Å². The smallest absolute Gasteiger partial charge is 0.243 e. The summed E-state index contributed by atoms with van der Waals surface area (Å²) >= 11 is 5.57. The number of nitrogens with one attached hydrogen (secondary N) is 2. The maximum absolute atomic E-state index is 13.3. The van der Waals surface area contributed by atoms with Crippen LogP contribution in [0.25, 0.3) is 0 Å². The normalized spacial score (nSPS) is 10.0. The molecule has 1 rings (SSSR count). The van der Waals surface area contributed by atoms with Gasteiger partial charge in [0.1, 0.15) is 5.82 Å². The van der Waals surface area contributed by atoms with Crippen LogP contribution in [0.1, 0.15) is 0 Å². The molecule has 4 N–H and O–H groups in total. The average Bonchev–Trinajstić information content (AvgIpc) is 2.30. The SMILES string of the molecule is NCC(=O)NCC(=O)Nc1c(F)cc(F)cc1Cl. The van der Waals surface area contributed by atoms with Gasteiger partial charge in [-0.05, 0) is 6.07 Å². The van der Waals surface area contributed by atoms with Crippen molar-refractivity contribution in [3.8, 4) is 0 Å². The van der Waals surface area contributed by atoms with Crippen LogP contribution < -0.4 is 16.4 Å². The lowest BCUT2D eigenvalue weighted by atomic mass is 10.3. The van der Waals surface area contributed by atoms with E-state index in [1.807, 2.05) is 0 Å². The molecule has 0 fully saturated rings. The minimum absolute atomic E-state index is 0.265. The molecule has 18 heavy (non-hydrogen) atoms. The third kappa shape index (κ3) is 3.94. The van der Waals surface area contributed by atoms with Crippen molar-refractivity contribution in [1.82, 2.24) is 5.32 Å². The molecule has 0 heterocycles. The predicted octanol–water partition coefficient (Wildman–Crippen LogP) is 0.632. The van der Waals surface area contributed by atoms with Crippen LogP contribution in [0.5, 0.6) is 0 Å². The first kappa shape index (κ1) is 14.3. The van der Waals surface area contributed by atoms with Crippen molar-refractivity contribution in [2.24, 2.45) is 5.73 Å². The second kappa shape index (κ2) is 6.27. The molecule has 0 aliphatic heterocycles. The van der Waals surface area contributed by atoms with Crippen molar-refractivity contribution in [3.05, 3.63) is 28.8 Å². The molecule has 0 saturated carbocycles. The second-order valence-electron chi connectivity index (χ2n) is 3.27. The number of halogens is 3. The molecule has 0 aromatic heterocycles. The number of carbonyl (C=O) groups excluding carboxylic acids is 2. The second-order valence-corrected chi connectivity index (χ2v) is 3.68. The molecular weight excluding hydrogens is 268 g/mol. The summed E-state index contributed by atoms with van der Waals surface area (Å²) in [5.41, 5.74) is 4.67. The van der Waals surface area contributed by atoms with Gasteiger partial charge in [0, 0.05) is 6.07 Å². The van der Waals surface area contributed by atoms with E-state index in [9.17, 15) is 18.4 Å². The fraction of sp³-hybridized carbons (Fsp3) is 0.200. The zero-order chi connectivity index (χ0) is 13.7. The number of carbonyl (C=O) groups is 2. The van der Waals surface area contributed by atoms with Gasteiger partial charge in [0.2, 0.25) is 11.8 Å². The Morgan fingerprint density at radius 1 is 1.28 bits per heavy atom. The zero-order valence-electron chi connectivity index (χ0n) is 9.10. The molecule has 8 heteroatoms. The van der Waals surface area contributed by atoms with Crippen molar-refractivity contribution >= 4 is 29.1 Å². The molecule has 1 aromatic carbocycles. The van der Waals surface area contributed by atoms with Crippen LogP contribution in [-0.4, -0.2) is 24.9 Å². The number of amides is 2. The highest BCUT2D eigenvalue weighted by molar-refractivity contribution is 6.33. The minimum atomic E-state index is -1.00. The van der Waals surface area contributed by atoms with Gasteiger partial charge in [-0.2, -0.15) is 0 Å². The molecule has 1 aromatic rings. The van der Waals surface area contributed by atoms with E-state index in [0.29, 0.717) is 6.07 Å². The predicted molar refractivity (Wildman–Crippen MR) is 62.1 cm³/mol. The van der Waals surface area contributed by atoms with Crippen molar-refractivity contribution < 1.29 is 18.4 Å². The minimum Gasteiger partial charge on any atom is -0.346 e. The van der Waals surface area contributed by atoms with Gasteiger partial charge in [-0.1, -0.05) is 11.6 Å². The first-order valence-electron chi connectivity index (χ1n) is 4.85. The molecular formula is C10H10ClF2N3O2. The van der Waals surface area contributed by atoms with Gasteiger partial charge in [0.25, 0.3) is 0 Å².